The van der Waals surface area contributed by atoms with Crippen LogP contribution in [0.3, 0.4) is 0 Å². The monoisotopic (exact) mass is 507 g/mol. The third-order valence-corrected chi connectivity index (χ3v) is 7.60. The van der Waals surface area contributed by atoms with Gasteiger partial charge in [0.15, 0.2) is 0 Å². The van der Waals surface area contributed by atoms with Gasteiger partial charge in [0.05, 0.1) is 23.0 Å². The first-order valence-electron chi connectivity index (χ1n) is 10.5. The van der Waals surface area contributed by atoms with Gasteiger partial charge in [0.1, 0.15) is 16.1 Å². The third kappa shape index (κ3) is 4.87. The van der Waals surface area contributed by atoms with Gasteiger partial charge in [-0.1, -0.05) is 11.8 Å². The minimum atomic E-state index is -4.24. The number of aromatic nitrogens is 4. The van der Waals surface area contributed by atoms with E-state index >= 15 is 0 Å². The predicted octanol–water partition coefficient (Wildman–Crippen LogP) is 3.20. The molecule has 1 atom stereocenters. The van der Waals surface area contributed by atoms with Gasteiger partial charge >= 0.3 is 6.18 Å². The topological polar surface area (TPSA) is 92.6 Å². The highest BCUT2D eigenvalue weighted by atomic mass is 32.2. The van der Waals surface area contributed by atoms with Gasteiger partial charge in [0.2, 0.25) is 11.7 Å². The summed E-state index contributed by atoms with van der Waals surface area (Å²) >= 11 is 2.91. The van der Waals surface area contributed by atoms with E-state index in [1.165, 1.54) is 28.0 Å². The van der Waals surface area contributed by atoms with Crippen LogP contribution in [0.25, 0.3) is 16.0 Å². The van der Waals surface area contributed by atoms with E-state index in [0.29, 0.717) is 23.9 Å². The van der Waals surface area contributed by atoms with Crippen molar-refractivity contribution in [2.24, 2.45) is 5.73 Å². The lowest BCUT2D eigenvalue weighted by molar-refractivity contribution is -0.151. The van der Waals surface area contributed by atoms with Gasteiger partial charge in [0, 0.05) is 43.5 Å². The van der Waals surface area contributed by atoms with Gasteiger partial charge in [-0.3, -0.25) is 19.0 Å². The number of alkyl halides is 3. The van der Waals surface area contributed by atoms with Crippen LogP contribution >= 0.6 is 23.1 Å². The molecule has 0 spiro atoms. The Bertz CT molecular complexity index is 1330. The first-order valence-corrected chi connectivity index (χ1v) is 12.1. The van der Waals surface area contributed by atoms with Gasteiger partial charge in [0.25, 0.3) is 0 Å². The second-order valence-electron chi connectivity index (χ2n) is 7.90. The highest BCUT2D eigenvalue weighted by Gasteiger charge is 2.35. The smallest absolute Gasteiger partial charge is 0.368 e. The molecule has 4 aromatic rings. The van der Waals surface area contributed by atoms with E-state index in [9.17, 15) is 18.0 Å². The molecule has 1 unspecified atom stereocenters. The van der Waals surface area contributed by atoms with Crippen molar-refractivity contribution in [2.45, 2.75) is 22.1 Å². The molecule has 1 saturated heterocycles. The standard InChI is InChI=1S/C21H20F3N7OS2/c22-21(23,24)12-29-6-8-30(9-7-29)17(18(25)32)19-28-14-3-2-13(10-15(14)34-19)33-16-11-27-20-26-4-1-5-31(16)20/h1-5,10-11,17H,6-9,12H2,(H2,25,32). The molecule has 1 aromatic carbocycles. The van der Waals surface area contributed by atoms with Crippen LogP contribution in [-0.2, 0) is 4.79 Å². The Morgan fingerprint density at radius 3 is 2.74 bits per heavy atom. The van der Waals surface area contributed by atoms with Gasteiger partial charge in [-0.05, 0) is 24.3 Å². The number of imidazole rings is 1. The van der Waals surface area contributed by atoms with Crippen molar-refractivity contribution in [1.82, 2.24) is 29.2 Å². The van der Waals surface area contributed by atoms with Crippen LogP contribution in [0.1, 0.15) is 11.0 Å². The molecule has 1 aliphatic heterocycles. The quantitative estimate of drug-likeness (QED) is 0.429. The molecule has 13 heteroatoms. The molecule has 2 N–H and O–H groups in total. The van der Waals surface area contributed by atoms with E-state index in [1.54, 1.807) is 12.4 Å². The summed E-state index contributed by atoms with van der Waals surface area (Å²) in [6.45, 7) is 0.0878. The Hall–Kier alpha value is -2.74. The zero-order valence-corrected chi connectivity index (χ0v) is 19.4. The van der Waals surface area contributed by atoms with E-state index < -0.39 is 24.7 Å². The lowest BCUT2D eigenvalue weighted by Gasteiger charge is -2.37. The van der Waals surface area contributed by atoms with Gasteiger partial charge in [-0.25, -0.2) is 15.0 Å². The molecule has 8 nitrogen and oxygen atoms in total. The lowest BCUT2D eigenvalue weighted by Crippen LogP contribution is -2.52. The van der Waals surface area contributed by atoms with Crippen molar-refractivity contribution in [3.63, 3.8) is 0 Å². The van der Waals surface area contributed by atoms with Crippen molar-refractivity contribution in [1.29, 1.82) is 0 Å². The normalized spacial score (nSPS) is 16.9. The number of nitrogens with zero attached hydrogens (tertiary/aromatic N) is 6. The molecule has 5 rings (SSSR count). The molecule has 1 aliphatic rings. The summed E-state index contributed by atoms with van der Waals surface area (Å²) in [5, 5.41) is 1.46. The highest BCUT2D eigenvalue weighted by Crippen LogP contribution is 2.35. The number of hydrogen-bond acceptors (Lipinski definition) is 8. The molecule has 0 aliphatic carbocycles. The van der Waals surface area contributed by atoms with E-state index in [2.05, 4.69) is 15.0 Å². The molecule has 4 heterocycles. The lowest BCUT2D eigenvalue weighted by atomic mass is 10.2. The number of amides is 1. The molecule has 178 valence electrons. The number of primary amides is 1. The van der Waals surface area contributed by atoms with Crippen LogP contribution in [0, 0.1) is 0 Å². The molecule has 34 heavy (non-hydrogen) atoms. The number of rotatable bonds is 6. The Morgan fingerprint density at radius 2 is 2.00 bits per heavy atom. The minimum Gasteiger partial charge on any atom is -0.368 e. The van der Waals surface area contributed by atoms with Crippen molar-refractivity contribution >= 4 is 45.0 Å². The molecule has 3 aromatic heterocycles. The molecule has 1 fully saturated rings. The van der Waals surface area contributed by atoms with Crippen LogP contribution in [0.4, 0.5) is 13.2 Å². The maximum absolute atomic E-state index is 12.7. The van der Waals surface area contributed by atoms with Gasteiger partial charge in [-0.15, -0.1) is 11.3 Å². The van der Waals surface area contributed by atoms with Crippen LogP contribution < -0.4 is 5.73 Å². The number of hydrogen-bond donors (Lipinski definition) is 1. The van der Waals surface area contributed by atoms with Gasteiger partial charge in [-0.2, -0.15) is 13.2 Å². The summed E-state index contributed by atoms with van der Waals surface area (Å²) in [4.78, 5) is 29.6. The molecular formula is C21H20F3N7OS2. The Labute approximate surface area is 200 Å². The van der Waals surface area contributed by atoms with Crippen molar-refractivity contribution in [2.75, 3.05) is 32.7 Å². The number of piperazine rings is 1. The summed E-state index contributed by atoms with van der Waals surface area (Å²) in [7, 11) is 0. The predicted molar refractivity (Wildman–Crippen MR) is 123 cm³/mol. The van der Waals surface area contributed by atoms with E-state index in [0.717, 1.165) is 20.1 Å². The fraction of sp³-hybridized carbons (Fsp3) is 0.333. The number of benzene rings is 1. The first kappa shape index (κ1) is 23.0. The second kappa shape index (κ2) is 9.13. The van der Waals surface area contributed by atoms with Crippen molar-refractivity contribution < 1.29 is 18.0 Å². The molecule has 0 saturated carbocycles. The van der Waals surface area contributed by atoms with Crippen molar-refractivity contribution in [3.8, 4) is 0 Å². The summed E-state index contributed by atoms with van der Waals surface area (Å²) in [6, 6.07) is 6.90. The first-order chi connectivity index (χ1) is 16.3. The van der Waals surface area contributed by atoms with E-state index in [4.69, 9.17) is 5.73 Å². The summed E-state index contributed by atoms with van der Waals surface area (Å²) < 4.78 is 40.9. The number of thiazole rings is 1. The molecule has 0 radical (unpaired) electrons. The fourth-order valence-corrected chi connectivity index (χ4v) is 6.12. The zero-order chi connectivity index (χ0) is 23.9. The molecular weight excluding hydrogens is 487 g/mol. The van der Waals surface area contributed by atoms with Crippen molar-refractivity contribution in [3.05, 3.63) is 47.9 Å². The number of nitrogens with two attached hydrogens (primary N) is 1. The zero-order valence-electron chi connectivity index (χ0n) is 17.8. The maximum atomic E-state index is 12.7. The Morgan fingerprint density at radius 1 is 1.21 bits per heavy atom. The third-order valence-electron chi connectivity index (χ3n) is 5.53. The SMILES string of the molecule is NC(=O)C(c1nc2ccc(Sc3cnc4ncccn34)cc2s1)N1CCN(CC(F)(F)F)CC1. The Balaban J connectivity index is 1.35. The van der Waals surface area contributed by atoms with Gasteiger partial charge < -0.3 is 5.73 Å². The number of halogens is 3. The average molecular weight is 508 g/mol. The maximum Gasteiger partial charge on any atom is 0.401 e. The second-order valence-corrected chi connectivity index (χ2v) is 10.1. The Kier molecular flexibility index (Phi) is 6.18. The molecule has 1 amide bonds. The summed E-state index contributed by atoms with van der Waals surface area (Å²) in [5.74, 6) is 0.0574. The minimum absolute atomic E-state index is 0.211. The average Bonchev–Trinajstić information content (AvgIpc) is 3.38. The van der Waals surface area contributed by atoms with Crippen LogP contribution in [0.15, 0.2) is 52.8 Å². The van der Waals surface area contributed by atoms with E-state index in [-0.39, 0.29) is 13.1 Å². The van der Waals surface area contributed by atoms with Crippen LogP contribution in [0.5, 0.6) is 0 Å². The largest absolute Gasteiger partial charge is 0.401 e. The van der Waals surface area contributed by atoms with Crippen LogP contribution in [-0.4, -0.2) is 74.0 Å². The number of carbonyl (C=O) groups excluding carboxylic acids is 1. The number of carbonyl (C=O) groups is 1. The van der Waals surface area contributed by atoms with E-state index in [1.807, 2.05) is 39.8 Å². The fourth-order valence-electron chi connectivity index (χ4n) is 4.00. The molecule has 0 bridgehead atoms. The van der Waals surface area contributed by atoms with Crippen LogP contribution in [0.2, 0.25) is 0 Å². The summed E-state index contributed by atoms with van der Waals surface area (Å²) in [5.41, 5.74) is 6.45. The summed E-state index contributed by atoms with van der Waals surface area (Å²) in [6.07, 6.45) is 1.10. The highest BCUT2D eigenvalue weighted by molar-refractivity contribution is 7.99. The number of fused-ring (bicyclic) bond motifs is 2.